The second-order valence-electron chi connectivity index (χ2n) is 6.93. The van der Waals surface area contributed by atoms with Crippen LogP contribution in [0.4, 0.5) is 10.5 Å². The van der Waals surface area contributed by atoms with Gasteiger partial charge in [0.1, 0.15) is 0 Å². The SMILES string of the molecule is CCn1c2ccccc2c2cc(NC(=O)NC3CCCCC3)ccc21. The van der Waals surface area contributed by atoms with Crippen molar-refractivity contribution in [2.45, 2.75) is 51.6 Å². The highest BCUT2D eigenvalue weighted by Gasteiger charge is 2.16. The van der Waals surface area contributed by atoms with Crippen LogP contribution in [0.5, 0.6) is 0 Å². The Bertz CT molecular complexity index is 906. The minimum atomic E-state index is -0.0921. The quantitative estimate of drug-likeness (QED) is 0.673. The van der Waals surface area contributed by atoms with E-state index in [9.17, 15) is 4.79 Å². The third-order valence-electron chi connectivity index (χ3n) is 5.29. The highest BCUT2D eigenvalue weighted by Crippen LogP contribution is 2.31. The molecule has 1 aliphatic carbocycles. The molecule has 2 amide bonds. The number of benzene rings is 2. The van der Waals surface area contributed by atoms with Gasteiger partial charge in [-0.1, -0.05) is 37.5 Å². The smallest absolute Gasteiger partial charge is 0.319 e. The summed E-state index contributed by atoms with van der Waals surface area (Å²) in [5.74, 6) is 0. The summed E-state index contributed by atoms with van der Waals surface area (Å²) >= 11 is 0. The standard InChI is InChI=1S/C21H25N3O/c1-2-24-19-11-7-6-10-17(19)18-14-16(12-13-20(18)24)23-21(25)22-15-8-4-3-5-9-15/h6-7,10-15H,2-5,8-9H2,1H3,(H2,22,23,25). The average molecular weight is 335 g/mol. The number of para-hydroxylation sites is 1. The van der Waals surface area contributed by atoms with E-state index in [1.807, 2.05) is 6.07 Å². The molecule has 4 heteroatoms. The van der Waals surface area contributed by atoms with Gasteiger partial charge in [-0.2, -0.15) is 0 Å². The van der Waals surface area contributed by atoms with Gasteiger partial charge in [0.2, 0.25) is 0 Å². The molecule has 0 atom stereocenters. The van der Waals surface area contributed by atoms with Crippen LogP contribution in [0.2, 0.25) is 0 Å². The van der Waals surface area contributed by atoms with Crippen LogP contribution in [0.25, 0.3) is 21.8 Å². The van der Waals surface area contributed by atoms with Crippen molar-refractivity contribution >= 4 is 33.5 Å². The number of fused-ring (bicyclic) bond motifs is 3. The summed E-state index contributed by atoms with van der Waals surface area (Å²) in [5, 5.41) is 8.55. The minimum Gasteiger partial charge on any atom is -0.341 e. The lowest BCUT2D eigenvalue weighted by molar-refractivity contribution is 0.244. The largest absolute Gasteiger partial charge is 0.341 e. The normalized spacial score (nSPS) is 15.6. The van der Waals surface area contributed by atoms with Crippen LogP contribution in [-0.4, -0.2) is 16.6 Å². The number of urea groups is 1. The van der Waals surface area contributed by atoms with Crippen LogP contribution in [0.15, 0.2) is 42.5 Å². The Morgan fingerprint density at radius 3 is 2.60 bits per heavy atom. The fraction of sp³-hybridized carbons (Fsp3) is 0.381. The van der Waals surface area contributed by atoms with Gasteiger partial charge in [-0.3, -0.25) is 0 Å². The van der Waals surface area contributed by atoms with E-state index in [-0.39, 0.29) is 6.03 Å². The lowest BCUT2D eigenvalue weighted by atomic mass is 9.96. The fourth-order valence-corrected chi connectivity index (χ4v) is 4.07. The van der Waals surface area contributed by atoms with Crippen molar-refractivity contribution in [3.63, 3.8) is 0 Å². The van der Waals surface area contributed by atoms with Crippen molar-refractivity contribution in [3.05, 3.63) is 42.5 Å². The second-order valence-corrected chi connectivity index (χ2v) is 6.93. The summed E-state index contributed by atoms with van der Waals surface area (Å²) in [7, 11) is 0. The highest BCUT2D eigenvalue weighted by atomic mass is 16.2. The molecule has 2 aromatic carbocycles. The van der Waals surface area contributed by atoms with Gasteiger partial charge in [0.25, 0.3) is 0 Å². The number of rotatable bonds is 3. The molecule has 1 aliphatic rings. The zero-order valence-corrected chi connectivity index (χ0v) is 14.7. The first-order valence-electron chi connectivity index (χ1n) is 9.35. The molecule has 0 saturated heterocycles. The average Bonchev–Trinajstić information content (AvgIpc) is 2.95. The molecule has 0 bridgehead atoms. The van der Waals surface area contributed by atoms with Crippen molar-refractivity contribution in [1.82, 2.24) is 9.88 Å². The summed E-state index contributed by atoms with van der Waals surface area (Å²) in [6.07, 6.45) is 5.91. The molecule has 3 aromatic rings. The van der Waals surface area contributed by atoms with Crippen molar-refractivity contribution < 1.29 is 4.79 Å². The number of aryl methyl sites for hydroxylation is 1. The van der Waals surface area contributed by atoms with E-state index >= 15 is 0 Å². The third-order valence-corrected chi connectivity index (χ3v) is 5.29. The van der Waals surface area contributed by atoms with E-state index in [4.69, 9.17) is 0 Å². The van der Waals surface area contributed by atoms with Gasteiger partial charge >= 0.3 is 6.03 Å². The maximum atomic E-state index is 12.3. The van der Waals surface area contributed by atoms with E-state index in [2.05, 4.69) is 58.5 Å². The molecule has 130 valence electrons. The van der Waals surface area contributed by atoms with E-state index in [1.54, 1.807) is 0 Å². The first-order chi connectivity index (χ1) is 12.3. The van der Waals surface area contributed by atoms with Gasteiger partial charge in [0.15, 0.2) is 0 Å². The van der Waals surface area contributed by atoms with Crippen molar-refractivity contribution in [1.29, 1.82) is 0 Å². The maximum absolute atomic E-state index is 12.3. The van der Waals surface area contributed by atoms with E-state index in [0.717, 1.165) is 25.1 Å². The summed E-state index contributed by atoms with van der Waals surface area (Å²) in [6.45, 7) is 3.09. The predicted molar refractivity (Wildman–Crippen MR) is 104 cm³/mol. The Morgan fingerprint density at radius 2 is 1.80 bits per heavy atom. The molecule has 1 aromatic heterocycles. The zero-order chi connectivity index (χ0) is 17.2. The molecular formula is C21H25N3O. The van der Waals surface area contributed by atoms with Crippen LogP contribution in [0.3, 0.4) is 0 Å². The van der Waals surface area contributed by atoms with Crippen molar-refractivity contribution in [2.24, 2.45) is 0 Å². The minimum absolute atomic E-state index is 0.0921. The van der Waals surface area contributed by atoms with Gasteiger partial charge in [0, 0.05) is 40.1 Å². The molecule has 0 aliphatic heterocycles. The summed E-state index contributed by atoms with van der Waals surface area (Å²) in [6, 6.07) is 14.9. The number of carbonyl (C=O) groups is 1. The molecule has 0 spiro atoms. The van der Waals surface area contributed by atoms with Gasteiger partial charge in [-0.15, -0.1) is 0 Å². The number of carbonyl (C=O) groups excluding carboxylic acids is 1. The number of anilines is 1. The van der Waals surface area contributed by atoms with Gasteiger partial charge in [-0.05, 0) is 44.0 Å². The number of nitrogens with one attached hydrogen (secondary N) is 2. The number of hydrogen-bond acceptors (Lipinski definition) is 1. The fourth-order valence-electron chi connectivity index (χ4n) is 4.07. The second kappa shape index (κ2) is 6.79. The molecular weight excluding hydrogens is 310 g/mol. The van der Waals surface area contributed by atoms with E-state index in [1.165, 1.54) is 41.1 Å². The first-order valence-corrected chi connectivity index (χ1v) is 9.35. The Balaban J connectivity index is 1.60. The number of hydrogen-bond donors (Lipinski definition) is 2. The van der Waals surface area contributed by atoms with Crippen LogP contribution in [-0.2, 0) is 6.54 Å². The molecule has 4 rings (SSSR count). The number of aromatic nitrogens is 1. The van der Waals surface area contributed by atoms with Crippen LogP contribution >= 0.6 is 0 Å². The van der Waals surface area contributed by atoms with Crippen LogP contribution < -0.4 is 10.6 Å². The Morgan fingerprint density at radius 1 is 1.04 bits per heavy atom. The van der Waals surface area contributed by atoms with Gasteiger partial charge in [-0.25, -0.2) is 4.79 Å². The third kappa shape index (κ3) is 3.09. The highest BCUT2D eigenvalue weighted by molar-refractivity contribution is 6.09. The van der Waals surface area contributed by atoms with E-state index in [0.29, 0.717) is 6.04 Å². The number of amides is 2. The van der Waals surface area contributed by atoms with E-state index < -0.39 is 0 Å². The molecule has 0 unspecified atom stereocenters. The molecule has 25 heavy (non-hydrogen) atoms. The molecule has 1 saturated carbocycles. The first kappa shape index (κ1) is 16.0. The zero-order valence-electron chi connectivity index (χ0n) is 14.7. The molecule has 0 radical (unpaired) electrons. The molecule has 4 nitrogen and oxygen atoms in total. The molecule has 1 fully saturated rings. The Kier molecular flexibility index (Phi) is 4.35. The lowest BCUT2D eigenvalue weighted by Gasteiger charge is -2.22. The Hall–Kier alpha value is -2.49. The summed E-state index contributed by atoms with van der Waals surface area (Å²) in [4.78, 5) is 12.3. The predicted octanol–water partition coefficient (Wildman–Crippen LogP) is 5.27. The molecule has 2 N–H and O–H groups in total. The van der Waals surface area contributed by atoms with Crippen molar-refractivity contribution in [2.75, 3.05) is 5.32 Å². The number of nitrogens with zero attached hydrogens (tertiary/aromatic N) is 1. The topological polar surface area (TPSA) is 46.1 Å². The van der Waals surface area contributed by atoms with Gasteiger partial charge in [0.05, 0.1) is 0 Å². The summed E-state index contributed by atoms with van der Waals surface area (Å²) in [5.41, 5.74) is 3.30. The van der Waals surface area contributed by atoms with Crippen molar-refractivity contribution in [3.8, 4) is 0 Å². The lowest BCUT2D eigenvalue weighted by Crippen LogP contribution is -2.38. The maximum Gasteiger partial charge on any atom is 0.319 e. The van der Waals surface area contributed by atoms with Gasteiger partial charge < -0.3 is 15.2 Å². The Labute approximate surface area is 148 Å². The van der Waals surface area contributed by atoms with Crippen LogP contribution in [0.1, 0.15) is 39.0 Å². The van der Waals surface area contributed by atoms with Crippen LogP contribution in [0, 0.1) is 0 Å². The monoisotopic (exact) mass is 335 g/mol. The summed E-state index contributed by atoms with van der Waals surface area (Å²) < 4.78 is 2.32. The molecule has 1 heterocycles.